The van der Waals surface area contributed by atoms with Gasteiger partial charge in [0.15, 0.2) is 9.84 Å². The van der Waals surface area contributed by atoms with Gasteiger partial charge in [-0.3, -0.25) is 4.79 Å². The van der Waals surface area contributed by atoms with Crippen LogP contribution < -0.4 is 0 Å². The monoisotopic (exact) mass is 393 g/mol. The molecule has 26 heavy (non-hydrogen) atoms. The van der Waals surface area contributed by atoms with Gasteiger partial charge in [0.1, 0.15) is 5.25 Å². The third kappa shape index (κ3) is 2.54. The van der Waals surface area contributed by atoms with Crippen LogP contribution in [0, 0.1) is 23.2 Å². The fourth-order valence-electron chi connectivity index (χ4n) is 6.32. The van der Waals surface area contributed by atoms with Gasteiger partial charge >= 0.3 is 0 Å². The van der Waals surface area contributed by atoms with Crippen molar-refractivity contribution < 1.29 is 13.2 Å². The molecular weight excluding hydrogens is 370 g/mol. The number of carbonyl (C=O) groups is 1. The first-order valence-corrected chi connectivity index (χ1v) is 11.6. The van der Waals surface area contributed by atoms with Crippen LogP contribution in [0.4, 0.5) is 0 Å². The van der Waals surface area contributed by atoms with Gasteiger partial charge < -0.3 is 4.90 Å². The molecule has 1 amide bonds. The number of halogens is 1. The Labute approximate surface area is 159 Å². The Kier molecular flexibility index (Phi) is 3.75. The van der Waals surface area contributed by atoms with E-state index in [1.165, 1.54) is 19.3 Å². The van der Waals surface area contributed by atoms with Crippen LogP contribution in [0.1, 0.15) is 38.5 Å². The van der Waals surface area contributed by atoms with Crippen LogP contribution in [0.3, 0.4) is 0 Å². The maximum Gasteiger partial charge on any atom is 0.228 e. The van der Waals surface area contributed by atoms with Crippen LogP contribution in [-0.4, -0.2) is 37.6 Å². The molecule has 0 unspecified atom stereocenters. The highest BCUT2D eigenvalue weighted by Gasteiger charge is 2.57. The van der Waals surface area contributed by atoms with Crippen LogP contribution in [0.15, 0.2) is 29.2 Å². The normalized spacial score (nSPS) is 36.2. The summed E-state index contributed by atoms with van der Waals surface area (Å²) in [6.45, 7) is 0.678. The van der Waals surface area contributed by atoms with Gasteiger partial charge in [0.2, 0.25) is 5.91 Å². The zero-order chi connectivity index (χ0) is 18.1. The van der Waals surface area contributed by atoms with Gasteiger partial charge in [-0.15, -0.1) is 0 Å². The molecule has 4 saturated carbocycles. The lowest BCUT2D eigenvalue weighted by molar-refractivity contribution is -0.161. The number of amides is 1. The summed E-state index contributed by atoms with van der Waals surface area (Å²) in [5.74, 6) is 2.40. The predicted molar refractivity (Wildman–Crippen MR) is 99.6 cm³/mol. The van der Waals surface area contributed by atoms with Gasteiger partial charge in [-0.05, 0) is 80.5 Å². The molecule has 140 valence electrons. The molecule has 0 aromatic heterocycles. The molecule has 0 N–H and O–H groups in total. The van der Waals surface area contributed by atoms with Crippen LogP contribution in [0.25, 0.3) is 0 Å². The summed E-state index contributed by atoms with van der Waals surface area (Å²) in [6.07, 6.45) is 7.01. The van der Waals surface area contributed by atoms with Crippen molar-refractivity contribution in [1.82, 2.24) is 4.90 Å². The second-order valence-corrected chi connectivity index (χ2v) is 11.7. The molecule has 6 rings (SSSR count). The molecule has 5 aliphatic rings. The Balaban J connectivity index is 1.29. The van der Waals surface area contributed by atoms with E-state index in [-0.39, 0.29) is 11.3 Å². The molecule has 1 saturated heterocycles. The maximum absolute atomic E-state index is 13.2. The molecule has 4 aliphatic carbocycles. The molecule has 0 spiro atoms. The van der Waals surface area contributed by atoms with Crippen molar-refractivity contribution in [3.8, 4) is 0 Å². The van der Waals surface area contributed by atoms with Crippen LogP contribution in [0.2, 0.25) is 5.02 Å². The SMILES string of the molecule is O=C(N1CC(S(=O)(=O)c2ccc(Cl)cc2)C1)C12CC3CC(CC(C3)C1)C2. The summed E-state index contributed by atoms with van der Waals surface area (Å²) in [4.78, 5) is 15.4. The van der Waals surface area contributed by atoms with Crippen molar-refractivity contribution in [1.29, 1.82) is 0 Å². The fourth-order valence-corrected chi connectivity index (χ4v) is 8.10. The number of hydrogen-bond donors (Lipinski definition) is 0. The van der Waals surface area contributed by atoms with E-state index >= 15 is 0 Å². The van der Waals surface area contributed by atoms with E-state index in [0.717, 1.165) is 37.0 Å². The zero-order valence-corrected chi connectivity index (χ0v) is 16.3. The molecule has 4 nitrogen and oxygen atoms in total. The zero-order valence-electron chi connectivity index (χ0n) is 14.7. The summed E-state index contributed by atoms with van der Waals surface area (Å²) in [6, 6.07) is 6.32. The Morgan fingerprint density at radius 2 is 1.46 bits per heavy atom. The van der Waals surface area contributed by atoms with Crippen LogP contribution in [-0.2, 0) is 14.6 Å². The first-order valence-electron chi connectivity index (χ1n) is 9.65. The minimum absolute atomic E-state index is 0.177. The molecule has 0 radical (unpaired) electrons. The van der Waals surface area contributed by atoms with Gasteiger partial charge in [0.05, 0.1) is 10.3 Å². The molecule has 1 aromatic carbocycles. The molecule has 4 bridgehead atoms. The molecule has 1 aliphatic heterocycles. The standard InChI is InChI=1S/C20H24ClNO3S/c21-16-1-3-17(4-2-16)26(24,25)18-11-22(12-18)19(23)20-8-13-5-14(9-20)7-15(6-13)10-20/h1-4,13-15,18H,5-12H2. The van der Waals surface area contributed by atoms with Crippen molar-refractivity contribution in [2.75, 3.05) is 13.1 Å². The predicted octanol–water partition coefficient (Wildman–Crippen LogP) is 3.54. The van der Waals surface area contributed by atoms with Gasteiger partial charge in [-0.2, -0.15) is 0 Å². The molecule has 0 atom stereocenters. The fraction of sp³-hybridized carbons (Fsp3) is 0.650. The molecule has 1 aromatic rings. The van der Waals surface area contributed by atoms with Gasteiger partial charge in [0.25, 0.3) is 0 Å². The van der Waals surface area contributed by atoms with Gasteiger partial charge in [-0.25, -0.2) is 8.42 Å². The number of benzene rings is 1. The number of hydrogen-bond acceptors (Lipinski definition) is 3. The van der Waals surface area contributed by atoms with Crippen LogP contribution >= 0.6 is 11.6 Å². The van der Waals surface area contributed by atoms with Crippen molar-refractivity contribution in [2.24, 2.45) is 23.2 Å². The Bertz CT molecular complexity index is 807. The summed E-state index contributed by atoms with van der Waals surface area (Å²) in [7, 11) is -3.39. The highest BCUT2D eigenvalue weighted by molar-refractivity contribution is 7.92. The number of carbonyl (C=O) groups excluding carboxylic acids is 1. The van der Waals surface area contributed by atoms with Crippen molar-refractivity contribution in [3.05, 3.63) is 29.3 Å². The first kappa shape index (κ1) is 17.1. The van der Waals surface area contributed by atoms with E-state index in [2.05, 4.69) is 0 Å². The molecular formula is C20H24ClNO3S. The Hall–Kier alpha value is -1.07. The third-order valence-corrected chi connectivity index (χ3v) is 9.57. The maximum atomic E-state index is 13.2. The lowest BCUT2D eigenvalue weighted by Gasteiger charge is -2.57. The third-order valence-electron chi connectivity index (χ3n) is 7.21. The smallest absolute Gasteiger partial charge is 0.228 e. The second-order valence-electron chi connectivity index (χ2n) is 9.03. The summed E-state index contributed by atoms with van der Waals surface area (Å²) in [5, 5.41) is 0.0396. The minimum Gasteiger partial charge on any atom is -0.339 e. The van der Waals surface area contributed by atoms with Gasteiger partial charge in [0, 0.05) is 18.1 Å². The summed E-state index contributed by atoms with van der Waals surface area (Å²) >= 11 is 5.86. The van der Waals surface area contributed by atoms with E-state index in [9.17, 15) is 13.2 Å². The highest BCUT2D eigenvalue weighted by atomic mass is 35.5. The highest BCUT2D eigenvalue weighted by Crippen LogP contribution is 2.60. The Morgan fingerprint density at radius 3 is 1.96 bits per heavy atom. The number of rotatable bonds is 3. The van der Waals surface area contributed by atoms with Crippen molar-refractivity contribution in [2.45, 2.75) is 48.7 Å². The number of likely N-dealkylation sites (tertiary alicyclic amines) is 1. The lowest BCUT2D eigenvalue weighted by Crippen LogP contribution is -2.63. The van der Waals surface area contributed by atoms with Gasteiger partial charge in [-0.1, -0.05) is 11.6 Å². The van der Waals surface area contributed by atoms with E-state index in [1.807, 2.05) is 4.90 Å². The molecule has 1 heterocycles. The van der Waals surface area contributed by atoms with E-state index in [4.69, 9.17) is 11.6 Å². The average molecular weight is 394 g/mol. The number of sulfone groups is 1. The van der Waals surface area contributed by atoms with Crippen molar-refractivity contribution in [3.63, 3.8) is 0 Å². The van der Waals surface area contributed by atoms with Crippen molar-refractivity contribution >= 4 is 27.3 Å². The topological polar surface area (TPSA) is 54.5 Å². The largest absolute Gasteiger partial charge is 0.339 e. The van der Waals surface area contributed by atoms with E-state index in [0.29, 0.717) is 23.0 Å². The van der Waals surface area contributed by atoms with Crippen LogP contribution in [0.5, 0.6) is 0 Å². The average Bonchev–Trinajstić information content (AvgIpc) is 2.52. The number of nitrogens with zero attached hydrogens (tertiary/aromatic N) is 1. The Morgan fingerprint density at radius 1 is 0.962 bits per heavy atom. The summed E-state index contributed by atoms with van der Waals surface area (Å²) < 4.78 is 25.5. The molecule has 5 fully saturated rings. The second kappa shape index (κ2) is 5.71. The lowest BCUT2D eigenvalue weighted by atomic mass is 9.49. The summed E-state index contributed by atoms with van der Waals surface area (Å²) in [5.41, 5.74) is -0.177. The van der Waals surface area contributed by atoms with E-state index in [1.54, 1.807) is 24.3 Å². The quantitative estimate of drug-likeness (QED) is 0.789. The van der Waals surface area contributed by atoms with E-state index < -0.39 is 15.1 Å². The first-order chi connectivity index (χ1) is 12.4. The minimum atomic E-state index is -3.39. The molecule has 6 heteroatoms.